The highest BCUT2D eigenvalue weighted by Crippen LogP contribution is 2.24. The molecule has 2 nitrogen and oxygen atoms in total. The lowest BCUT2D eigenvalue weighted by Crippen LogP contribution is -2.50. The van der Waals surface area contributed by atoms with E-state index in [1.807, 2.05) is 0 Å². The number of piperidine rings is 1. The molecule has 2 heteroatoms. The molecule has 2 fully saturated rings. The summed E-state index contributed by atoms with van der Waals surface area (Å²) in [4.78, 5) is 2.71. The van der Waals surface area contributed by atoms with Crippen LogP contribution in [0.4, 0.5) is 0 Å². The van der Waals surface area contributed by atoms with Gasteiger partial charge in [0.25, 0.3) is 0 Å². The predicted molar refractivity (Wildman–Crippen MR) is 74.3 cm³/mol. The topological polar surface area (TPSA) is 15.3 Å². The summed E-state index contributed by atoms with van der Waals surface area (Å²) in [6.45, 7) is 9.69. The molecule has 1 saturated carbocycles. The van der Waals surface area contributed by atoms with Gasteiger partial charge >= 0.3 is 0 Å². The van der Waals surface area contributed by atoms with Crippen LogP contribution in [0, 0.1) is 5.92 Å². The molecule has 0 radical (unpaired) electrons. The second-order valence-corrected chi connectivity index (χ2v) is 6.46. The molecule has 0 amide bonds. The zero-order chi connectivity index (χ0) is 12.3. The molecule has 100 valence electrons. The van der Waals surface area contributed by atoms with Crippen LogP contribution in [0.25, 0.3) is 0 Å². The Morgan fingerprint density at radius 1 is 1.18 bits per heavy atom. The average molecular weight is 238 g/mol. The molecule has 1 aliphatic heterocycles. The van der Waals surface area contributed by atoms with Crippen molar-refractivity contribution in [2.75, 3.05) is 13.1 Å². The maximum atomic E-state index is 3.77. The second-order valence-electron chi connectivity index (χ2n) is 6.46. The zero-order valence-electron chi connectivity index (χ0n) is 11.9. The first-order chi connectivity index (χ1) is 8.16. The standard InChI is InChI=1S/C15H30N2/c1-12-8-9-17(13(2)10-12)14(3)11-16-15-6-4-5-7-15/h12-16H,4-11H2,1-3H3. The minimum Gasteiger partial charge on any atom is -0.312 e. The Labute approximate surface area is 107 Å². The largest absolute Gasteiger partial charge is 0.312 e. The molecule has 17 heavy (non-hydrogen) atoms. The fraction of sp³-hybridized carbons (Fsp3) is 1.00. The first-order valence-electron chi connectivity index (χ1n) is 7.66. The minimum absolute atomic E-state index is 0.707. The van der Waals surface area contributed by atoms with Crippen LogP contribution in [0.2, 0.25) is 0 Å². The third kappa shape index (κ3) is 3.69. The lowest BCUT2D eigenvalue weighted by molar-refractivity contribution is 0.0876. The van der Waals surface area contributed by atoms with Crippen LogP contribution in [-0.2, 0) is 0 Å². The van der Waals surface area contributed by atoms with E-state index >= 15 is 0 Å². The second kappa shape index (κ2) is 6.19. The zero-order valence-corrected chi connectivity index (χ0v) is 11.9. The Hall–Kier alpha value is -0.0800. The molecule has 0 spiro atoms. The van der Waals surface area contributed by atoms with E-state index < -0.39 is 0 Å². The van der Waals surface area contributed by atoms with Crippen LogP contribution >= 0.6 is 0 Å². The minimum atomic E-state index is 0.707. The van der Waals surface area contributed by atoms with Crippen molar-refractivity contribution in [1.29, 1.82) is 0 Å². The van der Waals surface area contributed by atoms with E-state index in [0.717, 1.165) is 18.0 Å². The fourth-order valence-electron chi connectivity index (χ4n) is 3.66. The monoisotopic (exact) mass is 238 g/mol. The molecule has 0 bridgehead atoms. The van der Waals surface area contributed by atoms with Crippen LogP contribution in [0.1, 0.15) is 59.3 Å². The van der Waals surface area contributed by atoms with Gasteiger partial charge in [0.2, 0.25) is 0 Å². The van der Waals surface area contributed by atoms with E-state index in [0.29, 0.717) is 6.04 Å². The Balaban J connectivity index is 1.72. The van der Waals surface area contributed by atoms with Crippen molar-refractivity contribution < 1.29 is 0 Å². The molecule has 1 saturated heterocycles. The number of nitrogens with zero attached hydrogens (tertiary/aromatic N) is 1. The summed E-state index contributed by atoms with van der Waals surface area (Å²) in [7, 11) is 0. The van der Waals surface area contributed by atoms with Gasteiger partial charge in [-0.2, -0.15) is 0 Å². The fourth-order valence-corrected chi connectivity index (χ4v) is 3.66. The van der Waals surface area contributed by atoms with Crippen LogP contribution in [0.3, 0.4) is 0 Å². The van der Waals surface area contributed by atoms with E-state index in [2.05, 4.69) is 31.0 Å². The van der Waals surface area contributed by atoms with Crippen molar-refractivity contribution >= 4 is 0 Å². The van der Waals surface area contributed by atoms with E-state index in [9.17, 15) is 0 Å². The van der Waals surface area contributed by atoms with Crippen molar-refractivity contribution in [2.24, 2.45) is 5.92 Å². The normalized spacial score (nSPS) is 34.1. The van der Waals surface area contributed by atoms with Crippen LogP contribution in [-0.4, -0.2) is 36.1 Å². The van der Waals surface area contributed by atoms with Crippen LogP contribution in [0.5, 0.6) is 0 Å². The Bertz CT molecular complexity index is 223. The van der Waals surface area contributed by atoms with Gasteiger partial charge in [0, 0.05) is 24.7 Å². The molecule has 1 N–H and O–H groups in total. The SMILES string of the molecule is CC1CCN(C(C)CNC2CCCC2)C(C)C1. The number of hydrogen-bond acceptors (Lipinski definition) is 2. The Kier molecular flexibility index (Phi) is 4.87. The van der Waals surface area contributed by atoms with Crippen molar-refractivity contribution in [3.8, 4) is 0 Å². The highest BCUT2D eigenvalue weighted by molar-refractivity contribution is 4.83. The van der Waals surface area contributed by atoms with Gasteiger partial charge in [-0.3, -0.25) is 4.90 Å². The van der Waals surface area contributed by atoms with E-state index in [1.54, 1.807) is 0 Å². The van der Waals surface area contributed by atoms with Gasteiger partial charge in [-0.1, -0.05) is 19.8 Å². The van der Waals surface area contributed by atoms with Crippen molar-refractivity contribution in [3.63, 3.8) is 0 Å². The average Bonchev–Trinajstić information content (AvgIpc) is 2.78. The molecule has 3 unspecified atom stereocenters. The first kappa shape index (κ1) is 13.4. The number of hydrogen-bond donors (Lipinski definition) is 1. The van der Waals surface area contributed by atoms with E-state index in [4.69, 9.17) is 0 Å². The number of likely N-dealkylation sites (tertiary alicyclic amines) is 1. The quantitative estimate of drug-likeness (QED) is 0.810. The molecular formula is C15H30N2. The van der Waals surface area contributed by atoms with Crippen LogP contribution in [0.15, 0.2) is 0 Å². The third-order valence-electron chi connectivity index (χ3n) is 4.81. The van der Waals surface area contributed by atoms with Gasteiger partial charge < -0.3 is 5.32 Å². The molecule has 3 atom stereocenters. The molecule has 1 heterocycles. The summed E-state index contributed by atoms with van der Waals surface area (Å²) in [5.41, 5.74) is 0. The molecule has 0 aromatic heterocycles. The molecule has 0 aromatic rings. The van der Waals surface area contributed by atoms with Gasteiger partial charge in [0.05, 0.1) is 0 Å². The summed E-state index contributed by atoms with van der Waals surface area (Å²) in [5.74, 6) is 0.927. The maximum absolute atomic E-state index is 3.77. The summed E-state index contributed by atoms with van der Waals surface area (Å²) in [6.07, 6.45) is 8.44. The molecule has 2 aliphatic rings. The summed E-state index contributed by atoms with van der Waals surface area (Å²) in [5, 5.41) is 3.77. The summed E-state index contributed by atoms with van der Waals surface area (Å²) in [6, 6.07) is 2.30. The van der Waals surface area contributed by atoms with Crippen molar-refractivity contribution in [2.45, 2.75) is 77.4 Å². The summed E-state index contributed by atoms with van der Waals surface area (Å²) >= 11 is 0. The molecule has 2 rings (SSSR count). The maximum Gasteiger partial charge on any atom is 0.0195 e. The summed E-state index contributed by atoms with van der Waals surface area (Å²) < 4.78 is 0. The van der Waals surface area contributed by atoms with Gasteiger partial charge in [-0.15, -0.1) is 0 Å². The number of rotatable bonds is 4. The number of nitrogens with one attached hydrogen (secondary N) is 1. The van der Waals surface area contributed by atoms with E-state index in [-0.39, 0.29) is 0 Å². The van der Waals surface area contributed by atoms with Crippen LogP contribution < -0.4 is 5.32 Å². The predicted octanol–water partition coefficient (Wildman–Crippen LogP) is 3.03. The van der Waals surface area contributed by atoms with Gasteiger partial charge in [0.15, 0.2) is 0 Å². The van der Waals surface area contributed by atoms with Gasteiger partial charge in [0.1, 0.15) is 0 Å². The lowest BCUT2D eigenvalue weighted by Gasteiger charge is -2.40. The van der Waals surface area contributed by atoms with Crippen molar-refractivity contribution in [1.82, 2.24) is 10.2 Å². The highest BCUT2D eigenvalue weighted by Gasteiger charge is 2.26. The Morgan fingerprint density at radius 3 is 2.53 bits per heavy atom. The first-order valence-corrected chi connectivity index (χ1v) is 7.66. The lowest BCUT2D eigenvalue weighted by atomic mass is 9.92. The third-order valence-corrected chi connectivity index (χ3v) is 4.81. The smallest absolute Gasteiger partial charge is 0.0195 e. The van der Waals surface area contributed by atoms with E-state index in [1.165, 1.54) is 51.6 Å². The van der Waals surface area contributed by atoms with Gasteiger partial charge in [-0.05, 0) is 52.0 Å². The Morgan fingerprint density at radius 2 is 1.88 bits per heavy atom. The van der Waals surface area contributed by atoms with Gasteiger partial charge in [-0.25, -0.2) is 0 Å². The van der Waals surface area contributed by atoms with Crippen molar-refractivity contribution in [3.05, 3.63) is 0 Å². The highest BCUT2D eigenvalue weighted by atomic mass is 15.2. The molecular weight excluding hydrogens is 208 g/mol. The molecule has 1 aliphatic carbocycles. The molecule has 0 aromatic carbocycles.